The van der Waals surface area contributed by atoms with E-state index in [-0.39, 0.29) is 12.5 Å². The standard InChI is InChI=1S/C18H23NO5S/c1-10-12-8-11(23-5)6-7-14(12)25-15(10)16(21)19-9-13(20)17(22)24-18(2,3)4/h6-8,13,20H,9H2,1-5H3,(H,19,21). The van der Waals surface area contributed by atoms with Crippen molar-refractivity contribution in [3.05, 3.63) is 28.6 Å². The second-order valence-electron chi connectivity index (χ2n) is 6.68. The third-order valence-electron chi connectivity index (χ3n) is 3.48. The van der Waals surface area contributed by atoms with Gasteiger partial charge in [0.1, 0.15) is 11.4 Å². The lowest BCUT2D eigenvalue weighted by atomic mass is 10.1. The van der Waals surface area contributed by atoms with Gasteiger partial charge in [0.05, 0.1) is 18.5 Å². The monoisotopic (exact) mass is 365 g/mol. The highest BCUT2D eigenvalue weighted by molar-refractivity contribution is 7.21. The smallest absolute Gasteiger partial charge is 0.337 e. The number of rotatable bonds is 5. The van der Waals surface area contributed by atoms with Crippen molar-refractivity contribution in [3.63, 3.8) is 0 Å². The zero-order valence-corrected chi connectivity index (χ0v) is 15.8. The van der Waals surface area contributed by atoms with Crippen molar-refractivity contribution in [2.75, 3.05) is 13.7 Å². The minimum atomic E-state index is -1.40. The summed E-state index contributed by atoms with van der Waals surface area (Å²) < 4.78 is 11.3. The number of aryl methyl sites for hydroxylation is 1. The van der Waals surface area contributed by atoms with E-state index in [0.29, 0.717) is 4.88 Å². The van der Waals surface area contributed by atoms with Gasteiger partial charge in [-0.05, 0) is 56.8 Å². The van der Waals surface area contributed by atoms with Crippen molar-refractivity contribution < 1.29 is 24.2 Å². The van der Waals surface area contributed by atoms with E-state index in [1.165, 1.54) is 11.3 Å². The highest BCUT2D eigenvalue weighted by atomic mass is 32.1. The lowest BCUT2D eigenvalue weighted by Gasteiger charge is -2.21. The molecule has 1 atom stereocenters. The van der Waals surface area contributed by atoms with Crippen LogP contribution in [-0.2, 0) is 9.53 Å². The highest BCUT2D eigenvalue weighted by Crippen LogP contribution is 2.33. The Balaban J connectivity index is 2.07. The fourth-order valence-electron chi connectivity index (χ4n) is 2.27. The summed E-state index contributed by atoms with van der Waals surface area (Å²) in [4.78, 5) is 24.7. The number of hydrogen-bond acceptors (Lipinski definition) is 6. The minimum Gasteiger partial charge on any atom is -0.497 e. The van der Waals surface area contributed by atoms with Gasteiger partial charge in [-0.15, -0.1) is 11.3 Å². The molecule has 1 aromatic heterocycles. The van der Waals surface area contributed by atoms with Gasteiger partial charge in [-0.25, -0.2) is 4.79 Å². The first-order chi connectivity index (χ1) is 11.6. The van der Waals surface area contributed by atoms with Crippen LogP contribution >= 0.6 is 11.3 Å². The Morgan fingerprint density at radius 3 is 2.60 bits per heavy atom. The van der Waals surface area contributed by atoms with Gasteiger partial charge in [0.2, 0.25) is 0 Å². The molecule has 1 amide bonds. The summed E-state index contributed by atoms with van der Waals surface area (Å²) >= 11 is 1.36. The summed E-state index contributed by atoms with van der Waals surface area (Å²) in [5, 5.41) is 13.4. The second kappa shape index (κ2) is 7.41. The van der Waals surface area contributed by atoms with Crippen LogP contribution in [0.3, 0.4) is 0 Å². The van der Waals surface area contributed by atoms with Gasteiger partial charge in [0.25, 0.3) is 5.91 Å². The number of thiophene rings is 1. The summed E-state index contributed by atoms with van der Waals surface area (Å²) in [7, 11) is 1.59. The molecule has 136 valence electrons. The number of carbonyl (C=O) groups excluding carboxylic acids is 2. The molecule has 25 heavy (non-hydrogen) atoms. The van der Waals surface area contributed by atoms with Gasteiger partial charge < -0.3 is 19.9 Å². The largest absolute Gasteiger partial charge is 0.497 e. The number of methoxy groups -OCH3 is 1. The lowest BCUT2D eigenvalue weighted by molar-refractivity contribution is -0.164. The number of amides is 1. The van der Waals surface area contributed by atoms with Crippen molar-refractivity contribution >= 4 is 33.3 Å². The van der Waals surface area contributed by atoms with Gasteiger partial charge >= 0.3 is 5.97 Å². The quantitative estimate of drug-likeness (QED) is 0.796. The molecule has 0 spiro atoms. The summed E-state index contributed by atoms with van der Waals surface area (Å²) in [6.07, 6.45) is -1.40. The Kier molecular flexibility index (Phi) is 5.69. The van der Waals surface area contributed by atoms with E-state index in [9.17, 15) is 14.7 Å². The average molecular weight is 365 g/mol. The Hall–Kier alpha value is -2.12. The molecule has 2 rings (SSSR count). The Labute approximate surface area is 150 Å². The van der Waals surface area contributed by atoms with Crippen LogP contribution in [-0.4, -0.2) is 42.3 Å². The molecule has 0 aliphatic rings. The molecular formula is C18H23NO5S. The first-order valence-electron chi connectivity index (χ1n) is 7.88. The minimum absolute atomic E-state index is 0.204. The normalized spacial score (nSPS) is 12.7. The van der Waals surface area contributed by atoms with E-state index in [4.69, 9.17) is 9.47 Å². The molecule has 0 fully saturated rings. The van der Waals surface area contributed by atoms with E-state index < -0.39 is 17.7 Å². The molecule has 0 radical (unpaired) electrons. The molecule has 1 aromatic carbocycles. The van der Waals surface area contributed by atoms with Gasteiger partial charge in [-0.2, -0.15) is 0 Å². The third kappa shape index (κ3) is 4.70. The van der Waals surface area contributed by atoms with Crippen molar-refractivity contribution in [2.24, 2.45) is 0 Å². The van der Waals surface area contributed by atoms with Crippen LogP contribution in [0.25, 0.3) is 10.1 Å². The van der Waals surface area contributed by atoms with Crippen LogP contribution in [0.5, 0.6) is 5.75 Å². The molecule has 0 saturated heterocycles. The number of benzene rings is 1. The first-order valence-corrected chi connectivity index (χ1v) is 8.70. The molecule has 1 unspecified atom stereocenters. The predicted octanol–water partition coefficient (Wildman–Crippen LogP) is 2.65. The van der Waals surface area contributed by atoms with Gasteiger partial charge in [0, 0.05) is 4.70 Å². The van der Waals surface area contributed by atoms with Gasteiger partial charge in [-0.1, -0.05) is 0 Å². The molecule has 0 aliphatic carbocycles. The molecular weight excluding hydrogens is 342 g/mol. The van der Waals surface area contributed by atoms with Crippen LogP contribution in [0.1, 0.15) is 36.0 Å². The molecule has 0 saturated carbocycles. The maximum Gasteiger partial charge on any atom is 0.337 e. The average Bonchev–Trinajstić information content (AvgIpc) is 2.87. The van der Waals surface area contributed by atoms with Crippen molar-refractivity contribution in [2.45, 2.75) is 39.4 Å². The highest BCUT2D eigenvalue weighted by Gasteiger charge is 2.24. The van der Waals surface area contributed by atoms with E-state index in [2.05, 4.69) is 5.32 Å². The van der Waals surface area contributed by atoms with E-state index >= 15 is 0 Å². The van der Waals surface area contributed by atoms with Crippen LogP contribution < -0.4 is 10.1 Å². The van der Waals surface area contributed by atoms with Gasteiger partial charge in [-0.3, -0.25) is 4.79 Å². The molecule has 1 heterocycles. The number of fused-ring (bicyclic) bond motifs is 1. The number of nitrogens with one attached hydrogen (secondary N) is 1. The number of ether oxygens (including phenoxy) is 2. The van der Waals surface area contributed by atoms with Crippen molar-refractivity contribution in [1.29, 1.82) is 0 Å². The summed E-state index contributed by atoms with van der Waals surface area (Å²) in [5.41, 5.74) is 0.145. The molecule has 6 nitrogen and oxygen atoms in total. The molecule has 0 aliphatic heterocycles. The first kappa shape index (κ1) is 19.2. The fourth-order valence-corrected chi connectivity index (χ4v) is 3.37. The number of aliphatic hydroxyl groups is 1. The molecule has 7 heteroatoms. The van der Waals surface area contributed by atoms with E-state index in [0.717, 1.165) is 21.4 Å². The topological polar surface area (TPSA) is 84.9 Å². The summed E-state index contributed by atoms with van der Waals surface area (Å²) in [6, 6.07) is 5.62. The zero-order chi connectivity index (χ0) is 18.8. The number of aliphatic hydroxyl groups excluding tert-OH is 1. The second-order valence-corrected chi connectivity index (χ2v) is 7.73. The number of hydrogen-bond donors (Lipinski definition) is 2. The summed E-state index contributed by atoms with van der Waals surface area (Å²) in [6.45, 7) is 6.79. The molecule has 0 bridgehead atoms. The molecule has 2 N–H and O–H groups in total. The van der Waals surface area contributed by atoms with Crippen molar-refractivity contribution in [3.8, 4) is 5.75 Å². The van der Waals surface area contributed by atoms with E-state index in [1.54, 1.807) is 27.9 Å². The van der Waals surface area contributed by atoms with Crippen LogP contribution in [0.4, 0.5) is 0 Å². The van der Waals surface area contributed by atoms with Crippen LogP contribution in [0.2, 0.25) is 0 Å². The third-order valence-corrected chi connectivity index (χ3v) is 4.76. The Morgan fingerprint density at radius 2 is 2.00 bits per heavy atom. The SMILES string of the molecule is COc1ccc2sc(C(=O)NCC(O)C(=O)OC(C)(C)C)c(C)c2c1. The molecule has 2 aromatic rings. The Bertz CT molecular complexity index is 791. The fraction of sp³-hybridized carbons (Fsp3) is 0.444. The zero-order valence-electron chi connectivity index (χ0n) is 15.0. The maximum absolute atomic E-state index is 12.4. The maximum atomic E-state index is 12.4. The number of esters is 1. The summed E-state index contributed by atoms with van der Waals surface area (Å²) in [5.74, 6) is -0.369. The van der Waals surface area contributed by atoms with Gasteiger partial charge in [0.15, 0.2) is 6.10 Å². The van der Waals surface area contributed by atoms with E-state index in [1.807, 2.05) is 25.1 Å². The van der Waals surface area contributed by atoms with Crippen LogP contribution in [0.15, 0.2) is 18.2 Å². The Morgan fingerprint density at radius 1 is 1.32 bits per heavy atom. The lowest BCUT2D eigenvalue weighted by Crippen LogP contribution is -2.40. The van der Waals surface area contributed by atoms with Crippen LogP contribution in [0, 0.1) is 6.92 Å². The number of carbonyl (C=O) groups is 2. The predicted molar refractivity (Wildman–Crippen MR) is 97.3 cm³/mol. The van der Waals surface area contributed by atoms with Crippen molar-refractivity contribution in [1.82, 2.24) is 5.32 Å².